The van der Waals surface area contributed by atoms with Crippen LogP contribution in [0.4, 0.5) is 25.6 Å². The maximum Gasteiger partial charge on any atom is 0.509 e. The number of imidazole rings is 2. The first-order valence-corrected chi connectivity index (χ1v) is 24.4. The molecule has 3 aliphatic heterocycles. The number of ether oxygens (including phenoxy) is 6. The van der Waals surface area contributed by atoms with Gasteiger partial charge in [0.15, 0.2) is 53.4 Å². The Bertz CT molecular complexity index is 2350. The molecule has 7 heterocycles. The maximum absolute atomic E-state index is 16.9. The van der Waals surface area contributed by atoms with Crippen molar-refractivity contribution in [1.82, 2.24) is 39.0 Å². The van der Waals surface area contributed by atoms with E-state index in [2.05, 4.69) is 29.9 Å². The molecule has 0 amide bonds. The highest BCUT2D eigenvalue weighted by molar-refractivity contribution is 8.55. The zero-order chi connectivity index (χ0) is 43.6. The van der Waals surface area contributed by atoms with Gasteiger partial charge >= 0.3 is 25.9 Å². The minimum Gasteiger partial charge on any atom is -0.432 e. The molecule has 10 atom stereocenters. The lowest BCUT2D eigenvalue weighted by Gasteiger charge is -2.28. The molecule has 25 nitrogen and oxygen atoms in total. The third-order valence-electron chi connectivity index (χ3n) is 8.88. The second-order valence-corrected chi connectivity index (χ2v) is 21.6. The molecular weight excluding hydrogens is 897 g/mol. The molecule has 4 N–H and O–H groups in total. The van der Waals surface area contributed by atoms with Crippen molar-refractivity contribution in [2.24, 2.45) is 5.92 Å². The van der Waals surface area contributed by atoms with Gasteiger partial charge in [0.25, 0.3) is 0 Å². The zero-order valence-electron chi connectivity index (χ0n) is 32.4. The molecule has 7 rings (SSSR count). The molecule has 0 aliphatic carbocycles. The van der Waals surface area contributed by atoms with E-state index in [0.29, 0.717) is 29.0 Å². The minimum absolute atomic E-state index is 0.00738. The van der Waals surface area contributed by atoms with Crippen molar-refractivity contribution in [1.29, 1.82) is 0 Å². The minimum atomic E-state index is -4.70. The van der Waals surface area contributed by atoms with E-state index in [4.69, 9.17) is 58.0 Å². The molecule has 8 unspecified atom stereocenters. The summed E-state index contributed by atoms with van der Waals surface area (Å²) >= 11 is 0.729. The van der Waals surface area contributed by atoms with Gasteiger partial charge in [-0.3, -0.25) is 27.2 Å². The topological polar surface area (TPSA) is 317 Å². The molecule has 4 aromatic rings. The van der Waals surface area contributed by atoms with Crippen molar-refractivity contribution >= 4 is 88.9 Å². The Kier molecular flexibility index (Phi) is 13.7. The monoisotopic (exact) mass is 936 g/mol. The third kappa shape index (κ3) is 9.87. The first-order chi connectivity index (χ1) is 29.1. The quantitative estimate of drug-likeness (QED) is 0.0915. The molecule has 3 fully saturated rings. The SMILES string of the molecule is CC(C)OC(=O)OCSP1(=O)OC[C@H]2OC(n3cnc4c(N)ncnc43)C(OP(=O)(SCOC(=O)OC(C)C)OCC3O[C@@H](n4cnc5c(N)ncnc54)C(F)C3O1)C2C=O. The number of anilines is 2. The van der Waals surface area contributed by atoms with Crippen molar-refractivity contribution in [3.63, 3.8) is 0 Å². The lowest BCUT2D eigenvalue weighted by molar-refractivity contribution is -0.114. The van der Waals surface area contributed by atoms with E-state index in [1.807, 2.05) is 0 Å². The maximum atomic E-state index is 16.9. The van der Waals surface area contributed by atoms with Gasteiger partial charge in [-0.05, 0) is 27.7 Å². The molecule has 3 aliphatic rings. The van der Waals surface area contributed by atoms with E-state index in [0.717, 1.165) is 12.7 Å². The number of alkyl halides is 1. The predicted octanol–water partition coefficient (Wildman–Crippen LogP) is 4.32. The van der Waals surface area contributed by atoms with Crippen LogP contribution >= 0.6 is 36.4 Å². The van der Waals surface area contributed by atoms with Crippen molar-refractivity contribution in [3.05, 3.63) is 25.3 Å². The van der Waals surface area contributed by atoms with Crippen molar-refractivity contribution in [2.75, 3.05) is 36.6 Å². The first kappa shape index (κ1) is 44.8. The Hall–Kier alpha value is -4.24. The second kappa shape index (κ2) is 18.6. The Morgan fingerprint density at radius 2 is 1.26 bits per heavy atom. The number of carbonyl (C=O) groups is 3. The molecule has 0 spiro atoms. The number of hydrogen-bond acceptors (Lipinski definition) is 25. The average molecular weight is 937 g/mol. The predicted molar refractivity (Wildman–Crippen MR) is 209 cm³/mol. The summed E-state index contributed by atoms with van der Waals surface area (Å²) in [7, 11) is 0. The Balaban J connectivity index is 1.27. The van der Waals surface area contributed by atoms with Gasteiger partial charge in [0.2, 0.25) is 0 Å². The molecule has 4 aromatic heterocycles. The smallest absolute Gasteiger partial charge is 0.432 e. The van der Waals surface area contributed by atoms with Crippen molar-refractivity contribution < 1.29 is 74.4 Å². The summed E-state index contributed by atoms with van der Waals surface area (Å²) < 4.78 is 106. The van der Waals surface area contributed by atoms with Crippen molar-refractivity contribution in [3.8, 4) is 0 Å². The van der Waals surface area contributed by atoms with E-state index < -0.39 is 112 Å². The van der Waals surface area contributed by atoms with E-state index in [1.165, 1.54) is 21.8 Å². The number of nitrogen functional groups attached to an aromatic ring is 2. The standard InChI is InChI=1S/C31H39FN10O15P2S2/c1-14(2)52-30(44)48-12-60-58(46)51-7-18-23(19(32)28(55-18)41-10-39-20-24(33)35-8-37-26(20)41)57-59(47,61-13-49-31(45)53-15(3)4)50-6-17-16(5-43)22(56-58)29(54-17)42-11-40-21-25(34)36-9-38-27(21)42/h5,8-11,14-19,22-23,28-29H,6-7,12-13H2,1-4H3,(H2,33,35,37)(H2,34,36,38)/t16?,17-,18?,19?,22?,23?,28-,29?,58?,59?/m1/s1. The zero-order valence-corrected chi connectivity index (χ0v) is 35.9. The van der Waals surface area contributed by atoms with E-state index >= 15 is 4.39 Å². The number of carbonyl (C=O) groups excluding carboxylic acids is 3. The van der Waals surface area contributed by atoms with E-state index in [1.54, 1.807) is 27.7 Å². The summed E-state index contributed by atoms with van der Waals surface area (Å²) in [6.07, 6.45) is -9.60. The molecule has 3 saturated heterocycles. The van der Waals surface area contributed by atoms with Gasteiger partial charge in [0.1, 0.15) is 48.3 Å². The molecule has 0 saturated carbocycles. The van der Waals surface area contributed by atoms with E-state index in [-0.39, 0.29) is 34.0 Å². The number of aromatic nitrogens is 8. The van der Waals surface area contributed by atoms with Crippen LogP contribution in [0.5, 0.6) is 0 Å². The second-order valence-electron chi connectivity index (χ2n) is 13.7. The molecule has 0 aromatic carbocycles. The number of hydrogen-bond donors (Lipinski definition) is 2. The van der Waals surface area contributed by atoms with Crippen LogP contribution in [0.15, 0.2) is 25.3 Å². The first-order valence-electron chi connectivity index (χ1n) is 18.2. The number of fused-ring (bicyclic) bond motifs is 5. The Morgan fingerprint density at radius 1 is 0.787 bits per heavy atom. The van der Waals surface area contributed by atoms with Crippen LogP contribution < -0.4 is 11.5 Å². The number of halogens is 1. The number of aldehydes is 1. The van der Waals surface area contributed by atoms with Gasteiger partial charge in [-0.15, -0.1) is 0 Å². The van der Waals surface area contributed by atoms with Crippen LogP contribution in [0.1, 0.15) is 40.2 Å². The summed E-state index contributed by atoms with van der Waals surface area (Å²) in [6, 6.07) is 0. The molecule has 0 radical (unpaired) electrons. The molecule has 2 bridgehead atoms. The van der Waals surface area contributed by atoms with Gasteiger partial charge in [-0.2, -0.15) is 0 Å². The lowest BCUT2D eigenvalue weighted by atomic mass is 10.0. The summed E-state index contributed by atoms with van der Waals surface area (Å²) in [5.74, 6) is -2.70. The fourth-order valence-corrected chi connectivity index (χ4v) is 11.8. The summed E-state index contributed by atoms with van der Waals surface area (Å²) in [5, 5.41) is 0. The molecule has 332 valence electrons. The van der Waals surface area contributed by atoms with Crippen LogP contribution in [0.2, 0.25) is 0 Å². The van der Waals surface area contributed by atoms with Crippen molar-refractivity contribution in [2.45, 2.75) is 82.9 Å². The van der Waals surface area contributed by atoms with E-state index in [9.17, 15) is 23.5 Å². The summed E-state index contributed by atoms with van der Waals surface area (Å²) in [6.45, 7) is -4.57. The fraction of sp³-hybridized carbons (Fsp3) is 0.581. The normalized spacial score (nSPS) is 30.7. The van der Waals surface area contributed by atoms with Crippen LogP contribution in [0.25, 0.3) is 22.3 Å². The van der Waals surface area contributed by atoms with Gasteiger partial charge in [0.05, 0.1) is 50.1 Å². The van der Waals surface area contributed by atoms with Crippen LogP contribution in [0.3, 0.4) is 0 Å². The van der Waals surface area contributed by atoms with Gasteiger partial charge in [-0.1, -0.05) is 0 Å². The third-order valence-corrected chi connectivity index (χ3v) is 15.6. The highest BCUT2D eigenvalue weighted by atomic mass is 32.7. The van der Waals surface area contributed by atoms with Gasteiger partial charge < -0.3 is 44.7 Å². The van der Waals surface area contributed by atoms with Gasteiger partial charge in [0, 0.05) is 22.8 Å². The highest BCUT2D eigenvalue weighted by Gasteiger charge is 2.55. The molecular formula is C31H39FN10O15P2S2. The molecule has 30 heteroatoms. The van der Waals surface area contributed by atoms with Crippen LogP contribution in [-0.2, 0) is 60.4 Å². The fourth-order valence-electron chi connectivity index (χ4n) is 6.26. The largest absolute Gasteiger partial charge is 0.509 e. The van der Waals surface area contributed by atoms with Gasteiger partial charge in [-0.25, -0.2) is 53.0 Å². The summed E-state index contributed by atoms with van der Waals surface area (Å²) in [5.41, 5.74) is 12.4. The Labute approximate surface area is 352 Å². The average Bonchev–Trinajstić information content (AvgIpc) is 3.97. The number of rotatable bonds is 11. The van der Waals surface area contributed by atoms with Crippen LogP contribution in [-0.4, -0.2) is 126 Å². The Morgan fingerprint density at radius 3 is 1.77 bits per heavy atom. The summed E-state index contributed by atoms with van der Waals surface area (Å²) in [4.78, 5) is 62.1. The number of nitrogens with zero attached hydrogens (tertiary/aromatic N) is 8. The highest BCUT2D eigenvalue weighted by Crippen LogP contribution is 2.66. The molecule has 61 heavy (non-hydrogen) atoms. The lowest BCUT2D eigenvalue weighted by Crippen LogP contribution is -2.34. The number of nitrogens with two attached hydrogens (primary N) is 2. The van der Waals surface area contributed by atoms with Crippen LogP contribution in [0, 0.1) is 5.92 Å².